The van der Waals surface area contributed by atoms with Crippen LogP contribution in [0.2, 0.25) is 5.02 Å². The number of nitrogens with two attached hydrogens (primary N) is 1. The molecule has 0 amide bonds. The second-order valence-electron chi connectivity index (χ2n) is 3.95. The minimum absolute atomic E-state index is 0.351. The lowest BCUT2D eigenvalue weighted by molar-refractivity contribution is -0.137. The van der Waals surface area contributed by atoms with Crippen molar-refractivity contribution in [3.8, 4) is 5.69 Å². The van der Waals surface area contributed by atoms with Crippen molar-refractivity contribution in [3.05, 3.63) is 46.7 Å². The molecule has 2 aromatic rings. The summed E-state index contributed by atoms with van der Waals surface area (Å²) >= 11 is 6.04. The summed E-state index contributed by atoms with van der Waals surface area (Å²) in [5, 5.41) is 4.20. The first-order chi connectivity index (χ1) is 8.93. The zero-order chi connectivity index (χ0) is 14.0. The van der Waals surface area contributed by atoms with E-state index in [0.717, 1.165) is 12.4 Å². The maximum absolute atomic E-state index is 12.5. The van der Waals surface area contributed by atoms with Crippen molar-refractivity contribution in [1.82, 2.24) is 9.78 Å². The van der Waals surface area contributed by atoms with Crippen molar-refractivity contribution in [3.63, 3.8) is 0 Å². The first-order valence-corrected chi connectivity index (χ1v) is 5.91. The number of halogens is 4. The molecule has 0 unspecified atom stereocenters. The van der Waals surface area contributed by atoms with Crippen molar-refractivity contribution in [2.24, 2.45) is 5.73 Å². The van der Waals surface area contributed by atoms with E-state index in [9.17, 15) is 13.2 Å². The van der Waals surface area contributed by atoms with E-state index in [4.69, 9.17) is 17.3 Å². The summed E-state index contributed by atoms with van der Waals surface area (Å²) in [6, 6.07) is 4.99. The van der Waals surface area contributed by atoms with Crippen LogP contribution in [0, 0.1) is 0 Å². The van der Waals surface area contributed by atoms with Crippen LogP contribution in [0.15, 0.2) is 30.6 Å². The van der Waals surface area contributed by atoms with E-state index < -0.39 is 11.7 Å². The standard InChI is InChI=1S/C12H11ClF3N3/c13-10-2-1-3-11(9(10)4-5-17)19-7-8(6-18-19)12(14,15)16/h1-3,6-7H,4-5,17H2. The molecule has 0 saturated heterocycles. The van der Waals surface area contributed by atoms with Gasteiger partial charge in [-0.15, -0.1) is 0 Å². The molecular formula is C12H11ClF3N3. The molecule has 1 aromatic heterocycles. The number of aromatic nitrogens is 2. The average Bonchev–Trinajstić information content (AvgIpc) is 2.81. The van der Waals surface area contributed by atoms with Gasteiger partial charge >= 0.3 is 6.18 Å². The Hall–Kier alpha value is -1.53. The third kappa shape index (κ3) is 2.90. The smallest absolute Gasteiger partial charge is 0.330 e. The number of hydrogen-bond donors (Lipinski definition) is 1. The minimum atomic E-state index is -4.41. The molecule has 19 heavy (non-hydrogen) atoms. The van der Waals surface area contributed by atoms with Crippen LogP contribution < -0.4 is 5.73 Å². The van der Waals surface area contributed by atoms with Crippen LogP contribution in [0.3, 0.4) is 0 Å². The van der Waals surface area contributed by atoms with Crippen LogP contribution in [0.4, 0.5) is 13.2 Å². The van der Waals surface area contributed by atoms with Gasteiger partial charge < -0.3 is 5.73 Å². The zero-order valence-electron chi connectivity index (χ0n) is 9.78. The third-order valence-electron chi connectivity index (χ3n) is 2.65. The molecule has 0 radical (unpaired) electrons. The van der Waals surface area contributed by atoms with Crippen LogP contribution in [-0.4, -0.2) is 16.3 Å². The molecule has 102 valence electrons. The van der Waals surface area contributed by atoms with E-state index in [1.807, 2.05) is 0 Å². The highest BCUT2D eigenvalue weighted by Gasteiger charge is 2.32. The molecule has 7 heteroatoms. The molecule has 2 rings (SSSR count). The molecule has 0 aliphatic heterocycles. The Labute approximate surface area is 112 Å². The SMILES string of the molecule is NCCc1c(Cl)cccc1-n1cc(C(F)(F)F)cn1. The first-order valence-electron chi connectivity index (χ1n) is 5.53. The van der Waals surface area contributed by atoms with Gasteiger partial charge in [0.1, 0.15) is 0 Å². The Bertz CT molecular complexity index is 578. The lowest BCUT2D eigenvalue weighted by Crippen LogP contribution is -2.08. The van der Waals surface area contributed by atoms with E-state index in [2.05, 4.69) is 5.10 Å². The van der Waals surface area contributed by atoms with E-state index in [0.29, 0.717) is 29.2 Å². The molecule has 1 heterocycles. The average molecular weight is 290 g/mol. The molecule has 1 aromatic carbocycles. The highest BCUT2D eigenvalue weighted by molar-refractivity contribution is 6.31. The van der Waals surface area contributed by atoms with Gasteiger partial charge in [0.25, 0.3) is 0 Å². The summed E-state index contributed by atoms with van der Waals surface area (Å²) < 4.78 is 38.8. The van der Waals surface area contributed by atoms with Crippen LogP contribution in [0.5, 0.6) is 0 Å². The van der Waals surface area contributed by atoms with Crippen molar-refractivity contribution in [2.75, 3.05) is 6.54 Å². The van der Waals surface area contributed by atoms with E-state index in [-0.39, 0.29) is 0 Å². The highest BCUT2D eigenvalue weighted by atomic mass is 35.5. The first kappa shape index (κ1) is 13.9. The summed E-state index contributed by atoms with van der Waals surface area (Å²) in [5.41, 5.74) is 5.87. The van der Waals surface area contributed by atoms with E-state index in [1.165, 1.54) is 4.68 Å². The lowest BCUT2D eigenvalue weighted by Gasteiger charge is -2.10. The number of benzene rings is 1. The maximum atomic E-state index is 12.5. The Kier molecular flexibility index (Phi) is 3.82. The molecule has 0 atom stereocenters. The third-order valence-corrected chi connectivity index (χ3v) is 3.00. The fourth-order valence-corrected chi connectivity index (χ4v) is 2.02. The summed E-state index contributed by atoms with van der Waals surface area (Å²) in [4.78, 5) is 0. The Morgan fingerprint density at radius 3 is 2.63 bits per heavy atom. The Balaban J connectivity index is 2.47. The molecule has 0 spiro atoms. The van der Waals surface area contributed by atoms with Gasteiger partial charge in [0.05, 0.1) is 17.4 Å². The number of alkyl halides is 3. The summed E-state index contributed by atoms with van der Waals surface area (Å²) in [6.07, 6.45) is -2.22. The normalized spacial score (nSPS) is 11.8. The van der Waals surface area contributed by atoms with Crippen LogP contribution in [0.1, 0.15) is 11.1 Å². The van der Waals surface area contributed by atoms with Crippen molar-refractivity contribution in [2.45, 2.75) is 12.6 Å². The van der Waals surface area contributed by atoms with Gasteiger partial charge in [-0.1, -0.05) is 17.7 Å². The Morgan fingerprint density at radius 1 is 1.32 bits per heavy atom. The van der Waals surface area contributed by atoms with Gasteiger partial charge in [0, 0.05) is 11.2 Å². The number of rotatable bonds is 3. The predicted molar refractivity (Wildman–Crippen MR) is 66.3 cm³/mol. The van der Waals surface area contributed by atoms with Gasteiger partial charge in [0.2, 0.25) is 0 Å². The molecule has 2 N–H and O–H groups in total. The van der Waals surface area contributed by atoms with E-state index >= 15 is 0 Å². The lowest BCUT2D eigenvalue weighted by atomic mass is 10.1. The molecule has 0 bridgehead atoms. The summed E-state index contributed by atoms with van der Waals surface area (Å²) in [7, 11) is 0. The fraction of sp³-hybridized carbons (Fsp3) is 0.250. The van der Waals surface area contributed by atoms with Crippen molar-refractivity contribution < 1.29 is 13.2 Å². The molecule has 0 aliphatic carbocycles. The van der Waals surface area contributed by atoms with E-state index in [1.54, 1.807) is 18.2 Å². The number of hydrogen-bond acceptors (Lipinski definition) is 2. The maximum Gasteiger partial charge on any atom is 0.419 e. The summed E-state index contributed by atoms with van der Waals surface area (Å²) in [5.74, 6) is 0. The van der Waals surface area contributed by atoms with Gasteiger partial charge in [0.15, 0.2) is 0 Å². The van der Waals surface area contributed by atoms with Gasteiger partial charge in [-0.2, -0.15) is 18.3 Å². The molecular weight excluding hydrogens is 279 g/mol. The van der Waals surface area contributed by atoms with Crippen molar-refractivity contribution in [1.29, 1.82) is 0 Å². The minimum Gasteiger partial charge on any atom is -0.330 e. The molecule has 0 saturated carbocycles. The highest BCUT2D eigenvalue weighted by Crippen LogP contribution is 2.30. The van der Waals surface area contributed by atoms with Crippen molar-refractivity contribution >= 4 is 11.6 Å². The largest absolute Gasteiger partial charge is 0.419 e. The molecule has 3 nitrogen and oxygen atoms in total. The monoisotopic (exact) mass is 289 g/mol. The predicted octanol–water partition coefficient (Wildman–Crippen LogP) is 3.05. The molecule has 0 aliphatic rings. The second kappa shape index (κ2) is 5.22. The quantitative estimate of drug-likeness (QED) is 0.944. The second-order valence-corrected chi connectivity index (χ2v) is 4.35. The number of nitrogens with zero attached hydrogens (tertiary/aromatic N) is 2. The topological polar surface area (TPSA) is 43.8 Å². The van der Waals surface area contributed by atoms with Gasteiger partial charge in [-0.25, -0.2) is 4.68 Å². The zero-order valence-corrected chi connectivity index (χ0v) is 10.5. The van der Waals surface area contributed by atoms with Gasteiger partial charge in [-0.05, 0) is 30.7 Å². The van der Waals surface area contributed by atoms with Crippen LogP contribution in [0.25, 0.3) is 5.69 Å². The molecule has 0 fully saturated rings. The summed E-state index contributed by atoms with van der Waals surface area (Å²) in [6.45, 7) is 0.351. The van der Waals surface area contributed by atoms with Gasteiger partial charge in [-0.3, -0.25) is 0 Å². The Morgan fingerprint density at radius 2 is 2.05 bits per heavy atom. The fourth-order valence-electron chi connectivity index (χ4n) is 1.75. The van der Waals surface area contributed by atoms with Crippen LogP contribution >= 0.6 is 11.6 Å². The van der Waals surface area contributed by atoms with Crippen LogP contribution in [-0.2, 0) is 12.6 Å².